The summed E-state index contributed by atoms with van der Waals surface area (Å²) in [5.74, 6) is 0. The molecule has 0 spiro atoms. The third-order valence-electron chi connectivity index (χ3n) is 4.06. The third-order valence-corrected chi connectivity index (χ3v) is 6.50. The highest BCUT2D eigenvalue weighted by molar-refractivity contribution is 7.90. The van der Waals surface area contributed by atoms with Crippen LogP contribution in [0.3, 0.4) is 0 Å². The summed E-state index contributed by atoms with van der Waals surface area (Å²) in [6.07, 6.45) is 1.23. The molecular weight excluding hydrogens is 340 g/mol. The van der Waals surface area contributed by atoms with E-state index in [9.17, 15) is 8.42 Å². The van der Waals surface area contributed by atoms with E-state index in [4.69, 9.17) is 4.98 Å². The fourth-order valence-corrected chi connectivity index (χ4v) is 3.89. The SMILES string of the molecule is C[C@@H](c1ccc(S(C)(=O)=O)cc1)N(C)Cc1csc(C(C)(C)C)n1. The molecule has 2 rings (SSSR count). The molecule has 1 aromatic carbocycles. The van der Waals surface area contributed by atoms with Crippen molar-refractivity contribution in [3.63, 3.8) is 0 Å². The van der Waals surface area contributed by atoms with Gasteiger partial charge in [0.1, 0.15) is 0 Å². The maximum Gasteiger partial charge on any atom is 0.175 e. The second kappa shape index (κ2) is 6.94. The quantitative estimate of drug-likeness (QED) is 0.801. The van der Waals surface area contributed by atoms with Crippen LogP contribution in [0.25, 0.3) is 0 Å². The van der Waals surface area contributed by atoms with Gasteiger partial charge in [-0.15, -0.1) is 11.3 Å². The van der Waals surface area contributed by atoms with Crippen molar-refractivity contribution in [1.29, 1.82) is 0 Å². The zero-order chi connectivity index (χ0) is 18.1. The third kappa shape index (κ3) is 4.65. The van der Waals surface area contributed by atoms with E-state index in [0.717, 1.165) is 22.8 Å². The van der Waals surface area contributed by atoms with Crippen LogP contribution in [0.1, 0.15) is 50.0 Å². The molecule has 1 heterocycles. The smallest absolute Gasteiger partial charge is 0.175 e. The summed E-state index contributed by atoms with van der Waals surface area (Å²) >= 11 is 1.71. The maximum atomic E-state index is 11.6. The van der Waals surface area contributed by atoms with Gasteiger partial charge in [-0.1, -0.05) is 32.9 Å². The molecule has 6 heteroatoms. The molecule has 0 N–H and O–H groups in total. The Morgan fingerprint density at radius 3 is 2.25 bits per heavy atom. The lowest BCUT2D eigenvalue weighted by Crippen LogP contribution is -2.22. The summed E-state index contributed by atoms with van der Waals surface area (Å²) in [5, 5.41) is 3.27. The van der Waals surface area contributed by atoms with Gasteiger partial charge in [0.25, 0.3) is 0 Å². The van der Waals surface area contributed by atoms with Gasteiger partial charge < -0.3 is 0 Å². The lowest BCUT2D eigenvalue weighted by molar-refractivity contribution is 0.250. The second-order valence-corrected chi connectivity index (χ2v) is 10.2. The van der Waals surface area contributed by atoms with Gasteiger partial charge in [0.2, 0.25) is 0 Å². The van der Waals surface area contributed by atoms with E-state index in [-0.39, 0.29) is 11.5 Å². The average molecular weight is 367 g/mol. The van der Waals surface area contributed by atoms with Crippen molar-refractivity contribution in [2.45, 2.75) is 50.6 Å². The van der Waals surface area contributed by atoms with Crippen LogP contribution in [-0.2, 0) is 21.8 Å². The van der Waals surface area contributed by atoms with Gasteiger partial charge >= 0.3 is 0 Å². The Balaban J connectivity index is 2.09. The van der Waals surface area contributed by atoms with E-state index in [1.165, 1.54) is 6.26 Å². The summed E-state index contributed by atoms with van der Waals surface area (Å²) < 4.78 is 23.1. The highest BCUT2D eigenvalue weighted by Crippen LogP contribution is 2.27. The minimum absolute atomic E-state index is 0.0780. The Bertz CT molecular complexity index is 787. The predicted molar refractivity (Wildman–Crippen MR) is 100 cm³/mol. The molecule has 24 heavy (non-hydrogen) atoms. The van der Waals surface area contributed by atoms with E-state index in [1.807, 2.05) is 12.1 Å². The average Bonchev–Trinajstić information content (AvgIpc) is 2.94. The highest BCUT2D eigenvalue weighted by Gasteiger charge is 2.19. The van der Waals surface area contributed by atoms with Crippen LogP contribution in [-0.4, -0.2) is 31.6 Å². The summed E-state index contributed by atoms with van der Waals surface area (Å²) in [4.78, 5) is 7.32. The van der Waals surface area contributed by atoms with Crippen LogP contribution in [0, 0.1) is 0 Å². The first-order valence-electron chi connectivity index (χ1n) is 7.93. The Hall–Kier alpha value is -1.24. The monoisotopic (exact) mass is 366 g/mol. The van der Waals surface area contributed by atoms with Crippen molar-refractivity contribution >= 4 is 21.2 Å². The van der Waals surface area contributed by atoms with E-state index in [1.54, 1.807) is 23.5 Å². The van der Waals surface area contributed by atoms with E-state index >= 15 is 0 Å². The van der Waals surface area contributed by atoms with Gasteiger partial charge in [-0.25, -0.2) is 13.4 Å². The Labute approximate surface area is 149 Å². The standard InChI is InChI=1S/C18H26N2O2S2/c1-13(14-7-9-16(10-8-14)24(6,21)22)20(5)11-15-12-23-17(19-15)18(2,3)4/h7-10,12-13H,11H2,1-6H3/t13-/m0/s1. The fraction of sp³-hybridized carbons (Fsp3) is 0.500. The number of thiazole rings is 1. The number of benzene rings is 1. The molecule has 0 aliphatic carbocycles. The first-order valence-corrected chi connectivity index (χ1v) is 10.7. The number of hydrogen-bond acceptors (Lipinski definition) is 5. The molecule has 4 nitrogen and oxygen atoms in total. The maximum absolute atomic E-state index is 11.6. The lowest BCUT2D eigenvalue weighted by atomic mass is 9.98. The molecule has 0 bridgehead atoms. The first-order chi connectivity index (χ1) is 11.0. The van der Waals surface area contributed by atoms with Crippen molar-refractivity contribution in [3.05, 3.63) is 45.9 Å². The molecule has 1 aromatic heterocycles. The summed E-state index contributed by atoms with van der Waals surface area (Å²) in [6.45, 7) is 9.40. The Morgan fingerprint density at radius 2 is 1.79 bits per heavy atom. The van der Waals surface area contributed by atoms with Gasteiger partial charge in [0, 0.05) is 29.6 Å². The van der Waals surface area contributed by atoms with Crippen LogP contribution >= 0.6 is 11.3 Å². The zero-order valence-corrected chi connectivity index (χ0v) is 16.8. The van der Waals surface area contributed by atoms with Crippen LogP contribution in [0.4, 0.5) is 0 Å². The number of aromatic nitrogens is 1. The minimum Gasteiger partial charge on any atom is -0.294 e. The van der Waals surface area contributed by atoms with Crippen LogP contribution in [0.5, 0.6) is 0 Å². The van der Waals surface area contributed by atoms with Gasteiger partial charge in [0.15, 0.2) is 9.84 Å². The van der Waals surface area contributed by atoms with Crippen molar-refractivity contribution in [2.75, 3.05) is 13.3 Å². The van der Waals surface area contributed by atoms with Gasteiger partial charge in [-0.05, 0) is 31.7 Å². The molecule has 0 aliphatic rings. The van der Waals surface area contributed by atoms with E-state index in [0.29, 0.717) is 4.90 Å². The molecule has 0 saturated heterocycles. The van der Waals surface area contributed by atoms with Crippen LogP contribution in [0.15, 0.2) is 34.5 Å². The summed E-state index contributed by atoms with van der Waals surface area (Å²) in [6, 6.07) is 7.31. The predicted octanol–water partition coefficient (Wildman–Crippen LogP) is 4.04. The molecule has 0 aliphatic heterocycles. The molecule has 0 saturated carbocycles. The number of rotatable bonds is 5. The number of nitrogens with zero attached hydrogens (tertiary/aromatic N) is 2. The van der Waals surface area contributed by atoms with Crippen molar-refractivity contribution in [1.82, 2.24) is 9.88 Å². The van der Waals surface area contributed by atoms with Gasteiger partial charge in [-0.2, -0.15) is 0 Å². The van der Waals surface area contributed by atoms with Crippen molar-refractivity contribution in [2.24, 2.45) is 0 Å². The molecule has 2 aromatic rings. The van der Waals surface area contributed by atoms with E-state index in [2.05, 4.69) is 45.0 Å². The van der Waals surface area contributed by atoms with E-state index < -0.39 is 9.84 Å². The van der Waals surface area contributed by atoms with Crippen molar-refractivity contribution in [3.8, 4) is 0 Å². The Kier molecular flexibility index (Phi) is 5.52. The molecule has 0 fully saturated rings. The Morgan fingerprint density at radius 1 is 1.21 bits per heavy atom. The number of sulfone groups is 1. The summed E-state index contributed by atoms with van der Waals surface area (Å²) in [5.41, 5.74) is 2.25. The van der Waals surface area contributed by atoms with Crippen LogP contribution < -0.4 is 0 Å². The topological polar surface area (TPSA) is 50.3 Å². The van der Waals surface area contributed by atoms with Crippen molar-refractivity contribution < 1.29 is 8.42 Å². The molecule has 0 radical (unpaired) electrons. The molecule has 1 atom stereocenters. The molecule has 0 amide bonds. The normalized spacial score (nSPS) is 14.1. The fourth-order valence-electron chi connectivity index (χ4n) is 2.36. The summed E-state index contributed by atoms with van der Waals surface area (Å²) in [7, 11) is -1.09. The molecule has 0 unspecified atom stereocenters. The largest absolute Gasteiger partial charge is 0.294 e. The van der Waals surface area contributed by atoms with Crippen LogP contribution in [0.2, 0.25) is 0 Å². The molecular formula is C18H26N2O2S2. The lowest BCUT2D eigenvalue weighted by Gasteiger charge is -2.24. The zero-order valence-electron chi connectivity index (χ0n) is 15.2. The minimum atomic E-state index is -3.15. The number of hydrogen-bond donors (Lipinski definition) is 0. The van der Waals surface area contributed by atoms with Gasteiger partial charge in [0.05, 0.1) is 15.6 Å². The first kappa shape index (κ1) is 19.1. The highest BCUT2D eigenvalue weighted by atomic mass is 32.2. The molecule has 132 valence electrons. The van der Waals surface area contributed by atoms with Gasteiger partial charge in [-0.3, -0.25) is 4.90 Å². The second-order valence-electron chi connectivity index (χ2n) is 7.33.